The van der Waals surface area contributed by atoms with Gasteiger partial charge >= 0.3 is 0 Å². The van der Waals surface area contributed by atoms with Crippen LogP contribution in [0.2, 0.25) is 5.02 Å². The molecule has 3 aromatic rings. The van der Waals surface area contributed by atoms with Gasteiger partial charge in [-0.1, -0.05) is 54.1 Å². The first-order chi connectivity index (χ1) is 10.7. The van der Waals surface area contributed by atoms with Crippen molar-refractivity contribution < 1.29 is 9.21 Å². The molecule has 0 unspecified atom stereocenters. The minimum atomic E-state index is -0.0590. The van der Waals surface area contributed by atoms with Gasteiger partial charge in [0.2, 0.25) is 0 Å². The molecule has 0 bridgehead atoms. The molecule has 0 spiro atoms. The highest BCUT2D eigenvalue weighted by atomic mass is 35.5. The fourth-order valence-electron chi connectivity index (χ4n) is 2.10. The van der Waals surface area contributed by atoms with Gasteiger partial charge in [0.15, 0.2) is 5.78 Å². The quantitative estimate of drug-likeness (QED) is 0.471. The van der Waals surface area contributed by atoms with Crippen LogP contribution >= 0.6 is 11.6 Å². The number of benzene rings is 2. The molecule has 0 fully saturated rings. The Bertz CT molecular complexity index is 816. The van der Waals surface area contributed by atoms with Gasteiger partial charge in [0.1, 0.15) is 11.5 Å². The number of hydrogen-bond donors (Lipinski definition) is 0. The van der Waals surface area contributed by atoms with E-state index in [2.05, 4.69) is 0 Å². The highest BCUT2D eigenvalue weighted by Crippen LogP contribution is 2.29. The third kappa shape index (κ3) is 3.18. The minimum absolute atomic E-state index is 0.0590. The summed E-state index contributed by atoms with van der Waals surface area (Å²) in [5.41, 5.74) is 1.48. The van der Waals surface area contributed by atoms with Crippen molar-refractivity contribution in [2.24, 2.45) is 0 Å². The van der Waals surface area contributed by atoms with Crippen molar-refractivity contribution in [3.05, 3.63) is 89.2 Å². The fraction of sp³-hybridized carbons (Fsp3) is 0. The van der Waals surface area contributed by atoms with Crippen LogP contribution in [-0.2, 0) is 0 Å². The van der Waals surface area contributed by atoms with E-state index in [4.69, 9.17) is 16.0 Å². The van der Waals surface area contributed by atoms with Crippen LogP contribution in [0.3, 0.4) is 0 Å². The molecule has 0 aliphatic rings. The molecule has 22 heavy (non-hydrogen) atoms. The number of ketones is 1. The Morgan fingerprint density at radius 1 is 0.909 bits per heavy atom. The van der Waals surface area contributed by atoms with Crippen molar-refractivity contribution in [2.75, 3.05) is 0 Å². The van der Waals surface area contributed by atoms with Crippen LogP contribution in [0, 0.1) is 0 Å². The molecule has 0 aliphatic heterocycles. The maximum absolute atomic E-state index is 12.0. The molecule has 0 saturated carbocycles. The topological polar surface area (TPSA) is 30.2 Å². The summed E-state index contributed by atoms with van der Waals surface area (Å²) in [6, 6.07) is 20.2. The van der Waals surface area contributed by atoms with Crippen LogP contribution in [0.25, 0.3) is 17.4 Å². The second kappa shape index (κ2) is 6.46. The molecule has 0 atom stereocenters. The Balaban J connectivity index is 1.79. The van der Waals surface area contributed by atoms with Gasteiger partial charge in [0, 0.05) is 11.1 Å². The summed E-state index contributed by atoms with van der Waals surface area (Å²) in [5, 5.41) is 0.632. The van der Waals surface area contributed by atoms with Crippen molar-refractivity contribution in [3.8, 4) is 11.3 Å². The molecule has 0 amide bonds. The van der Waals surface area contributed by atoms with E-state index in [0.717, 1.165) is 5.56 Å². The minimum Gasteiger partial charge on any atom is -0.457 e. The summed E-state index contributed by atoms with van der Waals surface area (Å²) >= 11 is 6.14. The van der Waals surface area contributed by atoms with Gasteiger partial charge in [-0.05, 0) is 36.4 Å². The summed E-state index contributed by atoms with van der Waals surface area (Å²) < 4.78 is 5.71. The van der Waals surface area contributed by atoms with E-state index in [0.29, 0.717) is 22.1 Å². The summed E-state index contributed by atoms with van der Waals surface area (Å²) in [6.07, 6.45) is 3.17. The van der Waals surface area contributed by atoms with E-state index in [9.17, 15) is 4.79 Å². The monoisotopic (exact) mass is 308 g/mol. The van der Waals surface area contributed by atoms with Crippen molar-refractivity contribution in [1.82, 2.24) is 0 Å². The van der Waals surface area contributed by atoms with Crippen LogP contribution in [0.1, 0.15) is 16.1 Å². The Morgan fingerprint density at radius 3 is 2.41 bits per heavy atom. The number of allylic oxidation sites excluding steroid dienone is 1. The van der Waals surface area contributed by atoms with Crippen molar-refractivity contribution >= 4 is 23.5 Å². The van der Waals surface area contributed by atoms with E-state index < -0.39 is 0 Å². The van der Waals surface area contributed by atoms with Crippen LogP contribution in [0.4, 0.5) is 0 Å². The van der Waals surface area contributed by atoms with E-state index in [1.165, 1.54) is 6.08 Å². The molecular weight excluding hydrogens is 296 g/mol. The highest BCUT2D eigenvalue weighted by Gasteiger charge is 2.07. The zero-order chi connectivity index (χ0) is 15.4. The lowest BCUT2D eigenvalue weighted by Crippen LogP contribution is -1.92. The molecule has 2 aromatic carbocycles. The van der Waals surface area contributed by atoms with E-state index in [-0.39, 0.29) is 5.78 Å². The molecule has 0 radical (unpaired) electrons. The molecule has 3 rings (SSSR count). The van der Waals surface area contributed by atoms with E-state index in [1.807, 2.05) is 54.6 Å². The second-order valence-corrected chi connectivity index (χ2v) is 5.15. The molecule has 108 valence electrons. The zero-order valence-electron chi connectivity index (χ0n) is 11.7. The first kappa shape index (κ1) is 14.4. The van der Waals surface area contributed by atoms with Gasteiger partial charge in [-0.2, -0.15) is 0 Å². The number of halogens is 1. The summed E-state index contributed by atoms with van der Waals surface area (Å²) in [4.78, 5) is 12.0. The maximum Gasteiger partial charge on any atom is 0.185 e. The number of carbonyl (C=O) groups excluding carboxylic acids is 1. The lowest BCUT2D eigenvalue weighted by atomic mass is 10.1. The fourth-order valence-corrected chi connectivity index (χ4v) is 2.33. The second-order valence-electron chi connectivity index (χ2n) is 4.75. The molecule has 0 N–H and O–H groups in total. The van der Waals surface area contributed by atoms with Gasteiger partial charge in [-0.25, -0.2) is 0 Å². The Hall–Kier alpha value is -2.58. The Morgan fingerprint density at radius 2 is 1.64 bits per heavy atom. The normalized spacial score (nSPS) is 11.0. The highest BCUT2D eigenvalue weighted by molar-refractivity contribution is 6.33. The number of carbonyl (C=O) groups is 1. The lowest BCUT2D eigenvalue weighted by Gasteiger charge is -1.99. The average molecular weight is 309 g/mol. The molecule has 1 heterocycles. The van der Waals surface area contributed by atoms with Gasteiger partial charge in [0.05, 0.1) is 5.02 Å². The molecular formula is C19H13ClO2. The summed E-state index contributed by atoms with van der Waals surface area (Å²) in [6.45, 7) is 0. The van der Waals surface area contributed by atoms with E-state index in [1.54, 1.807) is 18.2 Å². The zero-order valence-corrected chi connectivity index (χ0v) is 12.5. The predicted octanol–water partition coefficient (Wildman–Crippen LogP) is 5.50. The first-order valence-corrected chi connectivity index (χ1v) is 7.24. The van der Waals surface area contributed by atoms with Gasteiger partial charge < -0.3 is 4.42 Å². The molecule has 0 aliphatic carbocycles. The smallest absolute Gasteiger partial charge is 0.185 e. The van der Waals surface area contributed by atoms with E-state index >= 15 is 0 Å². The third-order valence-corrected chi connectivity index (χ3v) is 3.55. The SMILES string of the molecule is O=C(/C=C/c1ccc(-c2ccccc2Cl)o1)c1ccccc1. The van der Waals surface area contributed by atoms with Gasteiger partial charge in [-0.3, -0.25) is 4.79 Å². The van der Waals surface area contributed by atoms with Crippen LogP contribution in [0.15, 0.2) is 77.2 Å². The standard InChI is InChI=1S/C19H13ClO2/c20-17-9-5-4-8-16(17)19-13-11-15(22-19)10-12-18(21)14-6-2-1-3-7-14/h1-13H/b12-10+. The molecule has 0 saturated heterocycles. The Labute approximate surface area is 133 Å². The van der Waals surface area contributed by atoms with Crippen LogP contribution < -0.4 is 0 Å². The van der Waals surface area contributed by atoms with Crippen LogP contribution in [0.5, 0.6) is 0 Å². The largest absolute Gasteiger partial charge is 0.457 e. The molecule has 1 aromatic heterocycles. The summed E-state index contributed by atoms with van der Waals surface area (Å²) in [7, 11) is 0. The third-order valence-electron chi connectivity index (χ3n) is 3.22. The summed E-state index contributed by atoms with van der Waals surface area (Å²) in [5.74, 6) is 1.23. The van der Waals surface area contributed by atoms with Crippen LogP contribution in [-0.4, -0.2) is 5.78 Å². The molecule has 2 nitrogen and oxygen atoms in total. The number of furan rings is 1. The number of rotatable bonds is 4. The maximum atomic E-state index is 12.0. The van der Waals surface area contributed by atoms with Crippen molar-refractivity contribution in [2.45, 2.75) is 0 Å². The first-order valence-electron chi connectivity index (χ1n) is 6.86. The van der Waals surface area contributed by atoms with Crippen molar-refractivity contribution in [3.63, 3.8) is 0 Å². The lowest BCUT2D eigenvalue weighted by molar-refractivity contribution is 0.104. The Kier molecular flexibility index (Phi) is 4.22. The van der Waals surface area contributed by atoms with Crippen molar-refractivity contribution in [1.29, 1.82) is 0 Å². The predicted molar refractivity (Wildman–Crippen MR) is 89.0 cm³/mol. The number of hydrogen-bond acceptors (Lipinski definition) is 2. The molecule has 3 heteroatoms. The van der Waals surface area contributed by atoms with Gasteiger partial charge in [0.25, 0.3) is 0 Å². The average Bonchev–Trinajstić information content (AvgIpc) is 3.02. The van der Waals surface area contributed by atoms with Gasteiger partial charge in [-0.15, -0.1) is 0 Å².